The monoisotopic (exact) mass is 585 g/mol. The van der Waals surface area contributed by atoms with Gasteiger partial charge in [0, 0.05) is 24.5 Å². The molecular formula is C30H36ClN3O5S. The SMILES string of the molecule is CCCNC(=O)C(Cc1ccccc1)N(Cc1cccc(OC)c1)C(=O)CN(c1ccc(Cl)cc1C)S(C)(=O)=O. The number of halogens is 1. The molecule has 3 aromatic rings. The summed E-state index contributed by atoms with van der Waals surface area (Å²) in [6.07, 6.45) is 2.03. The zero-order valence-corrected chi connectivity index (χ0v) is 24.8. The van der Waals surface area contributed by atoms with Crippen molar-refractivity contribution in [2.75, 3.05) is 30.8 Å². The highest BCUT2D eigenvalue weighted by Crippen LogP contribution is 2.26. The molecule has 0 saturated heterocycles. The first kappa shape index (κ1) is 31.0. The zero-order valence-electron chi connectivity index (χ0n) is 23.3. The minimum Gasteiger partial charge on any atom is -0.497 e. The van der Waals surface area contributed by atoms with E-state index < -0.39 is 28.5 Å². The molecule has 0 aliphatic heterocycles. The van der Waals surface area contributed by atoms with E-state index in [1.807, 2.05) is 43.3 Å². The fourth-order valence-corrected chi connectivity index (χ4v) is 5.51. The van der Waals surface area contributed by atoms with Crippen LogP contribution in [0.1, 0.15) is 30.0 Å². The summed E-state index contributed by atoms with van der Waals surface area (Å²) in [6.45, 7) is 3.71. The number of hydrogen-bond acceptors (Lipinski definition) is 5. The highest BCUT2D eigenvalue weighted by atomic mass is 35.5. The van der Waals surface area contributed by atoms with Gasteiger partial charge in [0.1, 0.15) is 18.3 Å². The van der Waals surface area contributed by atoms with Crippen LogP contribution in [-0.4, -0.2) is 57.6 Å². The molecule has 3 rings (SSSR count). The van der Waals surface area contributed by atoms with Crippen LogP contribution in [0, 0.1) is 6.92 Å². The molecular weight excluding hydrogens is 550 g/mol. The number of hydrogen-bond donors (Lipinski definition) is 1. The molecule has 8 nitrogen and oxygen atoms in total. The summed E-state index contributed by atoms with van der Waals surface area (Å²) in [5.74, 6) is -0.222. The second-order valence-electron chi connectivity index (χ2n) is 9.57. The number of nitrogens with zero attached hydrogens (tertiary/aromatic N) is 2. The Hall–Kier alpha value is -3.56. The molecule has 0 saturated carbocycles. The molecule has 1 N–H and O–H groups in total. The van der Waals surface area contributed by atoms with Gasteiger partial charge < -0.3 is 15.0 Å². The van der Waals surface area contributed by atoms with Crippen LogP contribution in [0.2, 0.25) is 5.02 Å². The van der Waals surface area contributed by atoms with Crippen molar-refractivity contribution in [2.45, 2.75) is 39.3 Å². The van der Waals surface area contributed by atoms with Gasteiger partial charge in [-0.15, -0.1) is 0 Å². The topological polar surface area (TPSA) is 96.0 Å². The molecule has 1 unspecified atom stereocenters. The van der Waals surface area contributed by atoms with E-state index in [-0.39, 0.29) is 18.9 Å². The molecule has 0 aromatic heterocycles. The summed E-state index contributed by atoms with van der Waals surface area (Å²) in [6, 6.07) is 20.6. The molecule has 0 radical (unpaired) electrons. The van der Waals surface area contributed by atoms with Gasteiger partial charge in [-0.05, 0) is 60.4 Å². The third-order valence-corrected chi connectivity index (χ3v) is 7.78. The van der Waals surface area contributed by atoms with Crippen LogP contribution in [-0.2, 0) is 32.6 Å². The number of aryl methyl sites for hydroxylation is 1. The first-order chi connectivity index (χ1) is 19.0. The maximum atomic E-state index is 14.1. The van der Waals surface area contributed by atoms with Crippen LogP contribution in [0.3, 0.4) is 0 Å². The van der Waals surface area contributed by atoms with Crippen LogP contribution in [0.15, 0.2) is 72.8 Å². The van der Waals surface area contributed by atoms with Crippen molar-refractivity contribution in [3.63, 3.8) is 0 Å². The van der Waals surface area contributed by atoms with Crippen LogP contribution >= 0.6 is 11.6 Å². The predicted octanol–water partition coefficient (Wildman–Crippen LogP) is 4.59. The van der Waals surface area contributed by atoms with Crippen LogP contribution in [0.25, 0.3) is 0 Å². The second-order valence-corrected chi connectivity index (χ2v) is 11.9. The Kier molecular flexibility index (Phi) is 11.0. The highest BCUT2D eigenvalue weighted by molar-refractivity contribution is 7.92. The maximum absolute atomic E-state index is 14.1. The van der Waals surface area contributed by atoms with Crippen molar-refractivity contribution in [2.24, 2.45) is 0 Å². The number of rotatable bonds is 13. The zero-order chi connectivity index (χ0) is 29.3. The number of ether oxygens (including phenoxy) is 1. The molecule has 1 atom stereocenters. The predicted molar refractivity (Wildman–Crippen MR) is 159 cm³/mol. The fraction of sp³-hybridized carbons (Fsp3) is 0.333. The highest BCUT2D eigenvalue weighted by Gasteiger charge is 2.33. The first-order valence-electron chi connectivity index (χ1n) is 13.0. The van der Waals surface area contributed by atoms with Crippen molar-refractivity contribution >= 4 is 39.1 Å². The normalized spacial score (nSPS) is 11.9. The average molecular weight is 586 g/mol. The molecule has 0 spiro atoms. The Bertz CT molecular complexity index is 1420. The van der Waals surface area contributed by atoms with Gasteiger partial charge in [-0.25, -0.2) is 8.42 Å². The third kappa shape index (κ3) is 8.47. The van der Waals surface area contributed by atoms with Gasteiger partial charge >= 0.3 is 0 Å². The van der Waals surface area contributed by atoms with Gasteiger partial charge in [0.25, 0.3) is 0 Å². The number of carbonyl (C=O) groups is 2. The molecule has 0 bridgehead atoms. The second kappa shape index (κ2) is 14.2. The van der Waals surface area contributed by atoms with Crippen LogP contribution in [0.4, 0.5) is 5.69 Å². The van der Waals surface area contributed by atoms with Gasteiger partial charge in [-0.2, -0.15) is 0 Å². The number of anilines is 1. The number of nitrogens with one attached hydrogen (secondary N) is 1. The van der Waals surface area contributed by atoms with Gasteiger partial charge in [-0.1, -0.05) is 61.0 Å². The van der Waals surface area contributed by atoms with Crippen molar-refractivity contribution in [1.29, 1.82) is 0 Å². The van der Waals surface area contributed by atoms with Crippen molar-refractivity contribution in [3.05, 3.63) is 94.5 Å². The van der Waals surface area contributed by atoms with E-state index in [4.69, 9.17) is 16.3 Å². The third-order valence-electron chi connectivity index (χ3n) is 6.41. The molecule has 0 aliphatic rings. The minimum atomic E-state index is -3.86. The summed E-state index contributed by atoms with van der Waals surface area (Å²) >= 11 is 6.10. The Morgan fingerprint density at radius 3 is 2.33 bits per heavy atom. The Morgan fingerprint density at radius 1 is 1.00 bits per heavy atom. The summed E-state index contributed by atoms with van der Waals surface area (Å²) in [4.78, 5) is 29.1. The van der Waals surface area contributed by atoms with E-state index in [0.717, 1.165) is 28.1 Å². The Labute approximate surface area is 241 Å². The van der Waals surface area contributed by atoms with E-state index in [2.05, 4.69) is 5.32 Å². The first-order valence-corrected chi connectivity index (χ1v) is 15.2. The fourth-order valence-electron chi connectivity index (χ4n) is 4.38. The summed E-state index contributed by atoms with van der Waals surface area (Å²) in [7, 11) is -2.31. The maximum Gasteiger partial charge on any atom is 0.244 e. The lowest BCUT2D eigenvalue weighted by atomic mass is 10.0. The van der Waals surface area contributed by atoms with Gasteiger partial charge in [-0.3, -0.25) is 13.9 Å². The van der Waals surface area contributed by atoms with E-state index in [1.165, 1.54) is 4.90 Å². The van der Waals surface area contributed by atoms with Crippen molar-refractivity contribution in [1.82, 2.24) is 10.2 Å². The van der Waals surface area contributed by atoms with E-state index in [1.54, 1.807) is 50.4 Å². The molecule has 0 fully saturated rings. The van der Waals surface area contributed by atoms with E-state index >= 15 is 0 Å². The molecule has 3 aromatic carbocycles. The van der Waals surface area contributed by atoms with Crippen LogP contribution in [0.5, 0.6) is 5.75 Å². The minimum absolute atomic E-state index is 0.0737. The number of methoxy groups -OCH3 is 1. The number of amides is 2. The molecule has 214 valence electrons. The number of carbonyl (C=O) groups excluding carboxylic acids is 2. The van der Waals surface area contributed by atoms with Crippen LogP contribution < -0.4 is 14.4 Å². The summed E-state index contributed by atoms with van der Waals surface area (Å²) in [5, 5.41) is 3.38. The quantitative estimate of drug-likeness (QED) is 0.317. The number of benzene rings is 3. The summed E-state index contributed by atoms with van der Waals surface area (Å²) < 4.78 is 32.3. The van der Waals surface area contributed by atoms with Gasteiger partial charge in [0.15, 0.2) is 0 Å². The van der Waals surface area contributed by atoms with Crippen molar-refractivity contribution in [3.8, 4) is 5.75 Å². The average Bonchev–Trinajstić information content (AvgIpc) is 2.92. The summed E-state index contributed by atoms with van der Waals surface area (Å²) in [5.41, 5.74) is 2.56. The number of sulfonamides is 1. The lowest BCUT2D eigenvalue weighted by Gasteiger charge is -2.34. The standard InChI is InChI=1S/C30H36ClN3O5S/c1-5-16-32-30(36)28(19-23-10-7-6-8-11-23)33(20-24-12-9-13-26(18-24)39-3)29(35)21-34(40(4,37)38)27-15-14-25(31)17-22(27)2/h6-15,17-18,28H,5,16,19-21H2,1-4H3,(H,32,36). The lowest BCUT2D eigenvalue weighted by Crippen LogP contribution is -2.53. The van der Waals surface area contributed by atoms with E-state index in [0.29, 0.717) is 28.6 Å². The molecule has 2 amide bonds. The Balaban J connectivity index is 2.07. The molecule has 10 heteroatoms. The molecule has 40 heavy (non-hydrogen) atoms. The van der Waals surface area contributed by atoms with E-state index in [9.17, 15) is 18.0 Å². The Morgan fingerprint density at radius 2 is 1.70 bits per heavy atom. The van der Waals surface area contributed by atoms with Gasteiger partial charge in [0.2, 0.25) is 21.8 Å². The van der Waals surface area contributed by atoms with Gasteiger partial charge in [0.05, 0.1) is 19.1 Å². The lowest BCUT2D eigenvalue weighted by molar-refractivity contribution is -0.140. The smallest absolute Gasteiger partial charge is 0.244 e. The molecule has 0 aliphatic carbocycles. The largest absolute Gasteiger partial charge is 0.497 e. The van der Waals surface area contributed by atoms with Crippen molar-refractivity contribution < 1.29 is 22.7 Å². The molecule has 0 heterocycles.